The lowest BCUT2D eigenvalue weighted by Crippen LogP contribution is -2.41. The first-order valence-electron chi connectivity index (χ1n) is 5.48. The van der Waals surface area contributed by atoms with Crippen LogP contribution in [0.3, 0.4) is 0 Å². The fraction of sp³-hybridized carbons (Fsp3) is 0.600. The Balaban J connectivity index is 2.34. The van der Waals surface area contributed by atoms with Gasteiger partial charge in [0, 0.05) is 12.6 Å². The lowest BCUT2D eigenvalue weighted by Gasteiger charge is -2.13. The molecule has 100 valence electrons. The van der Waals surface area contributed by atoms with E-state index in [-0.39, 0.29) is 12.3 Å². The molecule has 1 heterocycles. The van der Waals surface area contributed by atoms with Gasteiger partial charge >= 0.3 is 5.97 Å². The van der Waals surface area contributed by atoms with Crippen molar-refractivity contribution in [2.24, 2.45) is 0 Å². The Morgan fingerprint density at radius 2 is 2.33 bits per heavy atom. The summed E-state index contributed by atoms with van der Waals surface area (Å²) < 4.78 is 1.53. The number of carboxylic acids is 1. The zero-order chi connectivity index (χ0) is 13.4. The van der Waals surface area contributed by atoms with Gasteiger partial charge in [0.25, 0.3) is 0 Å². The zero-order valence-corrected chi connectivity index (χ0v) is 10.9. The van der Waals surface area contributed by atoms with Gasteiger partial charge in [0.2, 0.25) is 5.91 Å². The van der Waals surface area contributed by atoms with E-state index in [0.717, 1.165) is 0 Å². The molecule has 0 unspecified atom stereocenters. The summed E-state index contributed by atoms with van der Waals surface area (Å²) in [5.74, 6) is -0.600. The molecule has 0 bridgehead atoms. The Kier molecular flexibility index (Phi) is 6.20. The van der Waals surface area contributed by atoms with E-state index in [1.54, 1.807) is 18.0 Å². The van der Waals surface area contributed by atoms with Gasteiger partial charge in [-0.05, 0) is 18.4 Å². The number of nitrogens with one attached hydrogen (secondary N) is 1. The van der Waals surface area contributed by atoms with Crippen LogP contribution in [0, 0.1) is 0 Å². The molecule has 1 amide bonds. The van der Waals surface area contributed by atoms with Crippen LogP contribution in [-0.4, -0.2) is 50.0 Å². The fourth-order valence-corrected chi connectivity index (χ4v) is 1.80. The molecule has 1 aromatic heterocycles. The highest BCUT2D eigenvalue weighted by molar-refractivity contribution is 7.98. The minimum absolute atomic E-state index is 0.187. The number of rotatable bonds is 8. The first kappa shape index (κ1) is 14.5. The third kappa shape index (κ3) is 5.17. The number of carbonyl (C=O) groups is 2. The van der Waals surface area contributed by atoms with E-state index in [1.807, 2.05) is 6.26 Å². The number of nitrogens with zero attached hydrogens (tertiary/aromatic N) is 3. The number of carbonyl (C=O) groups excluding carboxylic acids is 1. The lowest BCUT2D eigenvalue weighted by molar-refractivity contribution is -0.141. The molecule has 0 saturated carbocycles. The van der Waals surface area contributed by atoms with Gasteiger partial charge in [-0.15, -0.1) is 5.10 Å². The van der Waals surface area contributed by atoms with Crippen LogP contribution < -0.4 is 5.32 Å². The molecule has 0 aliphatic heterocycles. The molecule has 0 aliphatic carbocycles. The van der Waals surface area contributed by atoms with Gasteiger partial charge < -0.3 is 10.4 Å². The molecule has 0 saturated heterocycles. The van der Waals surface area contributed by atoms with E-state index in [2.05, 4.69) is 15.6 Å². The van der Waals surface area contributed by atoms with Crippen LogP contribution in [0.4, 0.5) is 0 Å². The molecule has 0 spiro atoms. The summed E-state index contributed by atoms with van der Waals surface area (Å²) in [4.78, 5) is 22.5. The highest BCUT2D eigenvalue weighted by atomic mass is 32.2. The summed E-state index contributed by atoms with van der Waals surface area (Å²) in [7, 11) is 0. The number of amides is 1. The van der Waals surface area contributed by atoms with Gasteiger partial charge in [-0.3, -0.25) is 9.48 Å². The number of aromatic nitrogens is 3. The van der Waals surface area contributed by atoms with E-state index in [1.165, 1.54) is 10.9 Å². The van der Waals surface area contributed by atoms with E-state index < -0.39 is 12.0 Å². The summed E-state index contributed by atoms with van der Waals surface area (Å²) in [6.45, 7) is 0.390. The van der Waals surface area contributed by atoms with Crippen molar-refractivity contribution in [3.05, 3.63) is 12.4 Å². The fourth-order valence-electron chi connectivity index (χ4n) is 1.33. The van der Waals surface area contributed by atoms with Crippen molar-refractivity contribution in [1.29, 1.82) is 0 Å². The summed E-state index contributed by atoms with van der Waals surface area (Å²) in [5, 5.41) is 18.8. The predicted octanol–water partition coefficient (Wildman–Crippen LogP) is -0.00930. The molecule has 0 aromatic carbocycles. The largest absolute Gasteiger partial charge is 0.480 e. The maximum Gasteiger partial charge on any atom is 0.326 e. The van der Waals surface area contributed by atoms with Gasteiger partial charge in [-0.25, -0.2) is 4.79 Å². The van der Waals surface area contributed by atoms with E-state index in [4.69, 9.17) is 5.11 Å². The molecular weight excluding hydrogens is 256 g/mol. The second-order valence-electron chi connectivity index (χ2n) is 3.66. The number of hydrogen-bond acceptors (Lipinski definition) is 5. The lowest BCUT2D eigenvalue weighted by atomic mass is 10.2. The van der Waals surface area contributed by atoms with Crippen molar-refractivity contribution in [2.75, 3.05) is 12.0 Å². The zero-order valence-electron chi connectivity index (χ0n) is 10.1. The summed E-state index contributed by atoms with van der Waals surface area (Å²) >= 11 is 1.55. The molecular formula is C10H16N4O3S. The smallest absolute Gasteiger partial charge is 0.326 e. The molecule has 2 N–H and O–H groups in total. The van der Waals surface area contributed by atoms with Gasteiger partial charge in [-0.1, -0.05) is 5.21 Å². The second-order valence-corrected chi connectivity index (χ2v) is 4.64. The highest BCUT2D eigenvalue weighted by Crippen LogP contribution is 2.01. The summed E-state index contributed by atoms with van der Waals surface area (Å²) in [6.07, 6.45) is 5.68. The Hall–Kier alpha value is -1.57. The SMILES string of the molecule is CSCC[C@H](NC(=O)CCn1ccnn1)C(=O)O. The molecule has 0 aliphatic rings. The maximum absolute atomic E-state index is 11.6. The van der Waals surface area contributed by atoms with Gasteiger partial charge in [0.1, 0.15) is 6.04 Å². The van der Waals surface area contributed by atoms with E-state index >= 15 is 0 Å². The van der Waals surface area contributed by atoms with Crippen LogP contribution in [0.1, 0.15) is 12.8 Å². The molecule has 1 atom stereocenters. The molecule has 7 nitrogen and oxygen atoms in total. The number of aliphatic carboxylic acids is 1. The van der Waals surface area contributed by atoms with Crippen LogP contribution in [0.25, 0.3) is 0 Å². The standard InChI is InChI=1S/C10H16N4O3S/c1-18-7-3-8(10(16)17)12-9(15)2-5-14-6-4-11-13-14/h4,6,8H,2-3,5,7H2,1H3,(H,12,15)(H,16,17)/t8-/m0/s1. The van der Waals surface area contributed by atoms with Crippen molar-refractivity contribution >= 4 is 23.6 Å². The average Bonchev–Trinajstić information content (AvgIpc) is 2.84. The molecule has 0 radical (unpaired) electrons. The van der Waals surface area contributed by atoms with E-state index in [9.17, 15) is 9.59 Å². The van der Waals surface area contributed by atoms with Crippen LogP contribution in [0.5, 0.6) is 0 Å². The van der Waals surface area contributed by atoms with Crippen molar-refractivity contribution in [3.8, 4) is 0 Å². The molecule has 0 fully saturated rings. The normalized spacial score (nSPS) is 12.1. The van der Waals surface area contributed by atoms with Crippen molar-refractivity contribution < 1.29 is 14.7 Å². The predicted molar refractivity (Wildman–Crippen MR) is 67.2 cm³/mol. The van der Waals surface area contributed by atoms with Gasteiger partial charge in [0.05, 0.1) is 12.7 Å². The first-order valence-corrected chi connectivity index (χ1v) is 6.88. The third-order valence-corrected chi connectivity index (χ3v) is 2.93. The monoisotopic (exact) mass is 272 g/mol. The van der Waals surface area contributed by atoms with Crippen LogP contribution in [0.15, 0.2) is 12.4 Å². The first-order chi connectivity index (χ1) is 8.63. The minimum Gasteiger partial charge on any atom is -0.480 e. The van der Waals surface area contributed by atoms with Crippen LogP contribution >= 0.6 is 11.8 Å². The van der Waals surface area contributed by atoms with Crippen LogP contribution in [-0.2, 0) is 16.1 Å². The number of thioether (sulfide) groups is 1. The average molecular weight is 272 g/mol. The van der Waals surface area contributed by atoms with E-state index in [0.29, 0.717) is 18.7 Å². The quantitative estimate of drug-likeness (QED) is 0.691. The third-order valence-electron chi connectivity index (χ3n) is 2.28. The Morgan fingerprint density at radius 3 is 2.89 bits per heavy atom. The van der Waals surface area contributed by atoms with Crippen molar-refractivity contribution in [2.45, 2.75) is 25.4 Å². The molecule has 1 rings (SSSR count). The van der Waals surface area contributed by atoms with Gasteiger partial charge in [-0.2, -0.15) is 11.8 Å². The summed E-state index contributed by atoms with van der Waals surface area (Å²) in [6, 6.07) is -0.819. The molecule has 1 aromatic rings. The van der Waals surface area contributed by atoms with Crippen LogP contribution in [0.2, 0.25) is 0 Å². The van der Waals surface area contributed by atoms with Crippen molar-refractivity contribution in [1.82, 2.24) is 20.3 Å². The molecule has 18 heavy (non-hydrogen) atoms. The second kappa shape index (κ2) is 7.70. The highest BCUT2D eigenvalue weighted by Gasteiger charge is 2.18. The van der Waals surface area contributed by atoms with Gasteiger partial charge in [0.15, 0.2) is 0 Å². The number of hydrogen-bond donors (Lipinski definition) is 2. The minimum atomic E-state index is -1.00. The summed E-state index contributed by atoms with van der Waals surface area (Å²) in [5.41, 5.74) is 0. The number of carboxylic acid groups (broad SMARTS) is 1. The van der Waals surface area contributed by atoms with Crippen molar-refractivity contribution in [3.63, 3.8) is 0 Å². The Bertz CT molecular complexity index is 382. The topological polar surface area (TPSA) is 97.1 Å². The maximum atomic E-state index is 11.6. The number of aryl methyl sites for hydroxylation is 1. The Morgan fingerprint density at radius 1 is 1.56 bits per heavy atom. The Labute approximate surface area is 109 Å². The molecule has 8 heteroatoms.